The summed E-state index contributed by atoms with van der Waals surface area (Å²) in [4.78, 5) is 8.20. The second-order valence-corrected chi connectivity index (χ2v) is 3.33. The molecule has 0 radical (unpaired) electrons. The van der Waals surface area contributed by atoms with Gasteiger partial charge in [0.2, 0.25) is 11.7 Å². The quantitative estimate of drug-likeness (QED) is 0.766. The Hall–Kier alpha value is -1.23. The number of pyridine rings is 1. The zero-order valence-electron chi connectivity index (χ0n) is 6.86. The van der Waals surface area contributed by atoms with Gasteiger partial charge in [0.1, 0.15) is 5.69 Å². The highest BCUT2D eigenvalue weighted by atomic mass is 79.9. The fraction of sp³-hybridized carbons (Fsp3) is 0.125. The normalized spacial score (nSPS) is 10.3. The van der Waals surface area contributed by atoms with Gasteiger partial charge in [-0.2, -0.15) is 4.98 Å². The van der Waals surface area contributed by atoms with Gasteiger partial charge in [-0.05, 0) is 28.1 Å². The highest BCUT2D eigenvalue weighted by Crippen LogP contribution is 2.22. The number of aromatic nitrogens is 3. The van der Waals surface area contributed by atoms with E-state index in [0.717, 1.165) is 4.47 Å². The van der Waals surface area contributed by atoms with E-state index >= 15 is 0 Å². The lowest BCUT2D eigenvalue weighted by molar-refractivity contribution is 0.394. The van der Waals surface area contributed by atoms with Gasteiger partial charge in [0.05, 0.1) is 0 Å². The third kappa shape index (κ3) is 1.60. The summed E-state index contributed by atoms with van der Waals surface area (Å²) >= 11 is 3.36. The number of halogens is 1. The molecule has 66 valence electrons. The fourth-order valence-corrected chi connectivity index (χ4v) is 1.38. The molecule has 5 heteroatoms. The Morgan fingerprint density at radius 3 is 2.92 bits per heavy atom. The summed E-state index contributed by atoms with van der Waals surface area (Å²) < 4.78 is 5.71. The Balaban J connectivity index is 2.52. The number of hydrogen-bond donors (Lipinski definition) is 0. The monoisotopic (exact) mass is 239 g/mol. The third-order valence-corrected chi connectivity index (χ3v) is 2.14. The third-order valence-electron chi connectivity index (χ3n) is 1.50. The van der Waals surface area contributed by atoms with Crippen LogP contribution < -0.4 is 0 Å². The predicted molar refractivity (Wildman–Crippen MR) is 50.0 cm³/mol. The van der Waals surface area contributed by atoms with Crippen molar-refractivity contribution in [3.8, 4) is 11.5 Å². The first-order valence-electron chi connectivity index (χ1n) is 3.68. The van der Waals surface area contributed by atoms with E-state index < -0.39 is 0 Å². The zero-order chi connectivity index (χ0) is 9.26. The maximum atomic E-state index is 4.85. The van der Waals surface area contributed by atoms with Gasteiger partial charge in [-0.3, -0.25) is 4.98 Å². The van der Waals surface area contributed by atoms with Gasteiger partial charge in [0, 0.05) is 17.6 Å². The van der Waals surface area contributed by atoms with E-state index in [0.29, 0.717) is 17.4 Å². The lowest BCUT2D eigenvalue weighted by Gasteiger charge is -1.94. The van der Waals surface area contributed by atoms with Crippen LogP contribution in [-0.4, -0.2) is 15.1 Å². The molecule has 0 amide bonds. The Bertz CT molecular complexity index is 427. The molecule has 2 aromatic heterocycles. The second-order valence-electron chi connectivity index (χ2n) is 2.47. The van der Waals surface area contributed by atoms with Crippen molar-refractivity contribution in [1.82, 2.24) is 15.1 Å². The van der Waals surface area contributed by atoms with Crippen molar-refractivity contribution < 1.29 is 4.52 Å². The Morgan fingerprint density at radius 2 is 2.31 bits per heavy atom. The van der Waals surface area contributed by atoms with Crippen LogP contribution in [0.4, 0.5) is 0 Å². The molecule has 0 spiro atoms. The van der Waals surface area contributed by atoms with Gasteiger partial charge < -0.3 is 4.52 Å². The number of nitrogens with zero attached hydrogens (tertiary/aromatic N) is 3. The van der Waals surface area contributed by atoms with Crippen LogP contribution in [0.2, 0.25) is 0 Å². The van der Waals surface area contributed by atoms with E-state index in [-0.39, 0.29) is 0 Å². The summed E-state index contributed by atoms with van der Waals surface area (Å²) in [6, 6.07) is 3.72. The predicted octanol–water partition coefficient (Wildman–Crippen LogP) is 2.20. The summed E-state index contributed by atoms with van der Waals surface area (Å²) in [5.74, 6) is 1.04. The minimum Gasteiger partial charge on any atom is -0.339 e. The molecule has 4 nitrogen and oxygen atoms in total. The van der Waals surface area contributed by atoms with E-state index in [4.69, 9.17) is 4.52 Å². The van der Waals surface area contributed by atoms with E-state index in [1.54, 1.807) is 13.1 Å². The van der Waals surface area contributed by atoms with Crippen molar-refractivity contribution in [2.45, 2.75) is 6.92 Å². The van der Waals surface area contributed by atoms with Gasteiger partial charge in [0.25, 0.3) is 0 Å². The average Bonchev–Trinajstić information content (AvgIpc) is 2.53. The van der Waals surface area contributed by atoms with Crippen LogP contribution in [0.15, 0.2) is 27.3 Å². The minimum atomic E-state index is 0.505. The molecule has 0 unspecified atom stereocenters. The van der Waals surface area contributed by atoms with E-state index in [9.17, 15) is 0 Å². The molecule has 0 aliphatic carbocycles. The first-order chi connectivity index (χ1) is 6.27. The van der Waals surface area contributed by atoms with Gasteiger partial charge in [-0.25, -0.2) is 0 Å². The van der Waals surface area contributed by atoms with Crippen molar-refractivity contribution in [2.24, 2.45) is 0 Å². The topological polar surface area (TPSA) is 51.8 Å². The van der Waals surface area contributed by atoms with Gasteiger partial charge in [-0.15, -0.1) is 0 Å². The van der Waals surface area contributed by atoms with Gasteiger partial charge in [-0.1, -0.05) is 5.16 Å². The van der Waals surface area contributed by atoms with Crippen molar-refractivity contribution in [3.05, 3.63) is 28.7 Å². The highest BCUT2D eigenvalue weighted by molar-refractivity contribution is 9.10. The lowest BCUT2D eigenvalue weighted by Crippen LogP contribution is -1.86. The molecule has 0 fully saturated rings. The Labute approximate surface area is 83.1 Å². The van der Waals surface area contributed by atoms with E-state index in [1.807, 2.05) is 12.1 Å². The largest absolute Gasteiger partial charge is 0.339 e. The van der Waals surface area contributed by atoms with Crippen LogP contribution in [0.1, 0.15) is 5.89 Å². The first kappa shape index (κ1) is 8.37. The highest BCUT2D eigenvalue weighted by Gasteiger charge is 2.09. The molecule has 0 aliphatic heterocycles. The standard InChI is InChI=1S/C8H6BrN3O/c1-5-11-8(12-13-5)7-6(9)3-2-4-10-7/h2-4H,1H3. The van der Waals surface area contributed by atoms with Crippen LogP contribution in [0, 0.1) is 6.92 Å². The van der Waals surface area contributed by atoms with Crippen LogP contribution >= 0.6 is 15.9 Å². The smallest absolute Gasteiger partial charge is 0.223 e. The molecule has 2 rings (SSSR count). The average molecular weight is 240 g/mol. The fourth-order valence-electron chi connectivity index (χ4n) is 0.946. The number of rotatable bonds is 1. The molecule has 2 heterocycles. The molecule has 0 saturated carbocycles. The molecule has 0 aliphatic rings. The molecule has 2 aromatic rings. The number of hydrogen-bond acceptors (Lipinski definition) is 4. The zero-order valence-corrected chi connectivity index (χ0v) is 8.45. The molecule has 0 bridgehead atoms. The molecule has 0 aromatic carbocycles. The molecular weight excluding hydrogens is 234 g/mol. The van der Waals surface area contributed by atoms with E-state index in [2.05, 4.69) is 31.1 Å². The molecule has 0 saturated heterocycles. The van der Waals surface area contributed by atoms with Crippen molar-refractivity contribution in [2.75, 3.05) is 0 Å². The minimum absolute atomic E-state index is 0.505. The Morgan fingerprint density at radius 1 is 1.46 bits per heavy atom. The van der Waals surface area contributed by atoms with Crippen LogP contribution in [-0.2, 0) is 0 Å². The van der Waals surface area contributed by atoms with Crippen LogP contribution in [0.25, 0.3) is 11.5 Å². The summed E-state index contributed by atoms with van der Waals surface area (Å²) in [5.41, 5.74) is 0.694. The Kier molecular flexibility index (Phi) is 2.10. The molecule has 13 heavy (non-hydrogen) atoms. The van der Waals surface area contributed by atoms with E-state index in [1.165, 1.54) is 0 Å². The van der Waals surface area contributed by atoms with Gasteiger partial charge in [0.15, 0.2) is 0 Å². The maximum absolute atomic E-state index is 4.85. The van der Waals surface area contributed by atoms with Gasteiger partial charge >= 0.3 is 0 Å². The second kappa shape index (κ2) is 3.26. The molecule has 0 N–H and O–H groups in total. The summed E-state index contributed by atoms with van der Waals surface area (Å²) in [6.07, 6.45) is 1.69. The van der Waals surface area contributed by atoms with Crippen molar-refractivity contribution in [3.63, 3.8) is 0 Å². The summed E-state index contributed by atoms with van der Waals surface area (Å²) in [5, 5.41) is 3.77. The summed E-state index contributed by atoms with van der Waals surface area (Å²) in [6.45, 7) is 1.74. The SMILES string of the molecule is Cc1nc(-c2ncccc2Br)no1. The first-order valence-corrected chi connectivity index (χ1v) is 4.48. The number of aryl methyl sites for hydroxylation is 1. The van der Waals surface area contributed by atoms with Crippen LogP contribution in [0.5, 0.6) is 0 Å². The van der Waals surface area contributed by atoms with Crippen LogP contribution in [0.3, 0.4) is 0 Å². The van der Waals surface area contributed by atoms with Crippen molar-refractivity contribution in [1.29, 1.82) is 0 Å². The summed E-state index contributed by atoms with van der Waals surface area (Å²) in [7, 11) is 0. The molecular formula is C8H6BrN3O. The molecule has 0 atom stereocenters. The lowest BCUT2D eigenvalue weighted by atomic mass is 10.3. The van der Waals surface area contributed by atoms with Crippen molar-refractivity contribution >= 4 is 15.9 Å². The maximum Gasteiger partial charge on any atom is 0.223 e.